The zero-order valence-electron chi connectivity index (χ0n) is 12.6. The molecule has 2 aromatic rings. The Hall–Kier alpha value is -2.02. The highest BCUT2D eigenvalue weighted by Crippen LogP contribution is 2.40. The van der Waals surface area contributed by atoms with Gasteiger partial charge in [0.1, 0.15) is 12.2 Å². The summed E-state index contributed by atoms with van der Waals surface area (Å²) < 4.78 is 1.82. The van der Waals surface area contributed by atoms with Gasteiger partial charge >= 0.3 is 0 Å². The van der Waals surface area contributed by atoms with Crippen LogP contribution >= 0.6 is 11.3 Å². The number of aromatic nitrogens is 3. The van der Waals surface area contributed by atoms with Gasteiger partial charge in [-0.25, -0.2) is 9.67 Å². The molecule has 1 atom stereocenters. The summed E-state index contributed by atoms with van der Waals surface area (Å²) in [5, 5.41) is 8.97. The molecule has 7 heteroatoms. The molecule has 1 aliphatic rings. The zero-order valence-corrected chi connectivity index (χ0v) is 13.4. The van der Waals surface area contributed by atoms with Gasteiger partial charge in [-0.3, -0.25) is 9.59 Å². The Morgan fingerprint density at radius 3 is 2.86 bits per heavy atom. The Labute approximate surface area is 132 Å². The minimum atomic E-state index is -0.161. The molecule has 1 aliphatic carbocycles. The van der Waals surface area contributed by atoms with E-state index in [1.807, 2.05) is 11.6 Å². The van der Waals surface area contributed by atoms with Gasteiger partial charge in [-0.15, -0.1) is 11.3 Å². The molecule has 116 valence electrons. The van der Waals surface area contributed by atoms with Crippen molar-refractivity contribution in [2.75, 3.05) is 0 Å². The Kier molecular flexibility index (Phi) is 4.06. The molecule has 3 rings (SSSR count). The van der Waals surface area contributed by atoms with E-state index < -0.39 is 0 Å². The lowest BCUT2D eigenvalue weighted by molar-refractivity contribution is 0.0929. The van der Waals surface area contributed by atoms with Crippen molar-refractivity contribution in [1.82, 2.24) is 20.1 Å². The van der Waals surface area contributed by atoms with Crippen LogP contribution in [0.15, 0.2) is 17.8 Å². The number of hydrogen-bond donors (Lipinski definition) is 1. The number of ketones is 1. The molecule has 22 heavy (non-hydrogen) atoms. The lowest BCUT2D eigenvalue weighted by atomic mass is 10.1. The van der Waals surface area contributed by atoms with E-state index in [1.165, 1.54) is 24.6 Å². The van der Waals surface area contributed by atoms with Gasteiger partial charge in [0.05, 0.1) is 16.5 Å². The molecule has 1 amide bonds. The van der Waals surface area contributed by atoms with Crippen LogP contribution in [0.3, 0.4) is 0 Å². The van der Waals surface area contributed by atoms with Crippen LogP contribution in [0.4, 0.5) is 0 Å². The van der Waals surface area contributed by atoms with Gasteiger partial charge in [0.25, 0.3) is 5.91 Å². The van der Waals surface area contributed by atoms with Gasteiger partial charge in [-0.05, 0) is 38.7 Å². The van der Waals surface area contributed by atoms with Gasteiger partial charge in [0.2, 0.25) is 0 Å². The molecule has 2 aromatic heterocycles. The predicted molar refractivity (Wildman–Crippen MR) is 83.0 cm³/mol. The first-order chi connectivity index (χ1) is 10.6. The summed E-state index contributed by atoms with van der Waals surface area (Å²) in [6.45, 7) is 4.23. The van der Waals surface area contributed by atoms with Crippen molar-refractivity contribution in [3.63, 3.8) is 0 Å². The molecule has 0 saturated heterocycles. The fourth-order valence-electron chi connectivity index (χ4n) is 2.44. The van der Waals surface area contributed by atoms with E-state index in [-0.39, 0.29) is 17.7 Å². The summed E-state index contributed by atoms with van der Waals surface area (Å²) in [5.41, 5.74) is 0.531. The highest BCUT2D eigenvalue weighted by atomic mass is 32.1. The smallest absolute Gasteiger partial charge is 0.252 e. The van der Waals surface area contributed by atoms with Crippen LogP contribution in [0.5, 0.6) is 0 Å². The maximum absolute atomic E-state index is 12.4. The Morgan fingerprint density at radius 1 is 1.50 bits per heavy atom. The van der Waals surface area contributed by atoms with E-state index in [2.05, 4.69) is 15.4 Å². The second-order valence-corrected chi connectivity index (χ2v) is 6.39. The van der Waals surface area contributed by atoms with Crippen molar-refractivity contribution >= 4 is 23.0 Å². The number of Topliss-reactive ketones (excluding diaryl/α,β-unsaturated/α-hetero) is 1. The number of hydrogen-bond acceptors (Lipinski definition) is 5. The highest BCUT2D eigenvalue weighted by molar-refractivity contribution is 7.12. The standard InChI is InChI=1S/C15H18N4O2S/c1-3-19-14(16-8-17-19)13(10-4-5-10)18-15(21)11-6-12(9(2)20)22-7-11/h6-8,10,13H,3-5H2,1-2H3,(H,18,21). The van der Waals surface area contributed by atoms with E-state index in [4.69, 9.17) is 0 Å². The van der Waals surface area contributed by atoms with Crippen molar-refractivity contribution in [2.45, 2.75) is 39.3 Å². The van der Waals surface area contributed by atoms with Crippen LogP contribution in [-0.4, -0.2) is 26.5 Å². The lowest BCUT2D eigenvalue weighted by Gasteiger charge is -2.17. The number of rotatable bonds is 6. The Morgan fingerprint density at radius 2 is 2.27 bits per heavy atom. The number of amides is 1. The minimum Gasteiger partial charge on any atom is -0.342 e. The van der Waals surface area contributed by atoms with Crippen LogP contribution in [0, 0.1) is 5.92 Å². The number of thiophene rings is 1. The molecule has 0 radical (unpaired) electrons. The third-order valence-electron chi connectivity index (χ3n) is 3.81. The van der Waals surface area contributed by atoms with Crippen LogP contribution in [0.2, 0.25) is 0 Å². The van der Waals surface area contributed by atoms with Crippen molar-refractivity contribution < 1.29 is 9.59 Å². The van der Waals surface area contributed by atoms with Crippen LogP contribution in [0.1, 0.15) is 58.6 Å². The summed E-state index contributed by atoms with van der Waals surface area (Å²) in [5.74, 6) is 1.05. The fourth-order valence-corrected chi connectivity index (χ4v) is 3.23. The molecular formula is C15H18N4O2S. The van der Waals surface area contributed by atoms with Crippen LogP contribution in [-0.2, 0) is 6.54 Å². The molecule has 1 N–H and O–H groups in total. The van der Waals surface area contributed by atoms with E-state index in [0.717, 1.165) is 25.2 Å². The third kappa shape index (κ3) is 2.94. The zero-order chi connectivity index (χ0) is 15.7. The third-order valence-corrected chi connectivity index (χ3v) is 4.84. The van der Waals surface area contributed by atoms with Crippen LogP contribution in [0.25, 0.3) is 0 Å². The first-order valence-electron chi connectivity index (χ1n) is 7.38. The number of carbonyl (C=O) groups is 2. The van der Waals surface area contributed by atoms with E-state index in [9.17, 15) is 9.59 Å². The molecule has 0 aliphatic heterocycles. The Balaban J connectivity index is 1.79. The monoisotopic (exact) mass is 318 g/mol. The first-order valence-corrected chi connectivity index (χ1v) is 8.26. The van der Waals surface area contributed by atoms with E-state index in [0.29, 0.717) is 16.4 Å². The molecule has 0 spiro atoms. The molecule has 0 aromatic carbocycles. The van der Waals surface area contributed by atoms with Crippen molar-refractivity contribution in [3.8, 4) is 0 Å². The summed E-state index contributed by atoms with van der Waals surface area (Å²) in [7, 11) is 0. The van der Waals surface area contributed by atoms with E-state index >= 15 is 0 Å². The number of nitrogens with zero attached hydrogens (tertiary/aromatic N) is 3. The van der Waals surface area contributed by atoms with Gasteiger partial charge in [-0.1, -0.05) is 0 Å². The average molecular weight is 318 g/mol. The summed E-state index contributed by atoms with van der Waals surface area (Å²) >= 11 is 1.30. The number of aryl methyl sites for hydroxylation is 1. The topological polar surface area (TPSA) is 76.9 Å². The van der Waals surface area contributed by atoms with Gasteiger partial charge in [-0.2, -0.15) is 5.10 Å². The van der Waals surface area contributed by atoms with E-state index in [1.54, 1.807) is 11.4 Å². The number of carbonyl (C=O) groups excluding carboxylic acids is 2. The Bertz CT molecular complexity index is 702. The molecule has 2 heterocycles. The first kappa shape index (κ1) is 14.9. The van der Waals surface area contributed by atoms with Crippen molar-refractivity contribution in [1.29, 1.82) is 0 Å². The van der Waals surface area contributed by atoms with Gasteiger partial charge in [0, 0.05) is 11.9 Å². The molecule has 1 unspecified atom stereocenters. The second kappa shape index (κ2) is 6.00. The van der Waals surface area contributed by atoms with Crippen LogP contribution < -0.4 is 5.32 Å². The largest absolute Gasteiger partial charge is 0.342 e. The quantitative estimate of drug-likeness (QED) is 0.830. The summed E-state index contributed by atoms with van der Waals surface area (Å²) in [4.78, 5) is 28.7. The normalized spacial score (nSPS) is 15.5. The lowest BCUT2D eigenvalue weighted by Crippen LogP contribution is -2.31. The summed E-state index contributed by atoms with van der Waals surface area (Å²) in [6.07, 6.45) is 3.70. The number of nitrogens with one attached hydrogen (secondary N) is 1. The van der Waals surface area contributed by atoms with Gasteiger partial charge < -0.3 is 5.32 Å². The predicted octanol–water partition coefficient (Wildman–Crippen LogP) is 2.44. The maximum Gasteiger partial charge on any atom is 0.252 e. The fraction of sp³-hybridized carbons (Fsp3) is 0.467. The second-order valence-electron chi connectivity index (χ2n) is 5.48. The molecular weight excluding hydrogens is 300 g/mol. The molecule has 1 fully saturated rings. The SMILES string of the molecule is CCn1ncnc1C(NC(=O)c1csc(C(C)=O)c1)C1CC1. The van der Waals surface area contributed by atoms with Gasteiger partial charge in [0.15, 0.2) is 5.78 Å². The average Bonchev–Trinajstić information content (AvgIpc) is 3.04. The molecule has 0 bridgehead atoms. The minimum absolute atomic E-state index is 0.0199. The summed E-state index contributed by atoms with van der Waals surface area (Å²) in [6, 6.07) is 1.53. The maximum atomic E-state index is 12.4. The molecule has 1 saturated carbocycles. The van der Waals surface area contributed by atoms with Crippen molar-refractivity contribution in [3.05, 3.63) is 34.0 Å². The highest BCUT2D eigenvalue weighted by Gasteiger charge is 2.36. The molecule has 6 nitrogen and oxygen atoms in total. The van der Waals surface area contributed by atoms with Crippen molar-refractivity contribution in [2.24, 2.45) is 5.92 Å².